The second-order valence-corrected chi connectivity index (χ2v) is 16.1. The fraction of sp³-hybridized carbons (Fsp3) is 1.00. The average molecular weight is 469 g/mol. The normalized spacial score (nSPS) is 56.9. The molecule has 0 saturated heterocycles. The van der Waals surface area contributed by atoms with Crippen molar-refractivity contribution in [2.45, 2.75) is 143 Å². The van der Waals surface area contributed by atoms with Crippen LogP contribution in [0.5, 0.6) is 0 Å². The van der Waals surface area contributed by atoms with E-state index in [1.807, 2.05) is 0 Å². The van der Waals surface area contributed by atoms with Gasteiger partial charge in [0.1, 0.15) is 0 Å². The molecule has 0 aromatic heterocycles. The predicted octanol–water partition coefficient (Wildman–Crippen LogP) is 9.03. The summed E-state index contributed by atoms with van der Waals surface area (Å²) in [5.74, 6) is 7.86. The van der Waals surface area contributed by atoms with E-state index in [2.05, 4.69) is 27.7 Å². The van der Waals surface area contributed by atoms with Gasteiger partial charge in [-0.3, -0.25) is 0 Å². The number of fused-ring (bicyclic) bond motifs is 7. The summed E-state index contributed by atoms with van der Waals surface area (Å²) in [5.41, 5.74) is 1.83. The van der Waals surface area contributed by atoms with E-state index in [4.69, 9.17) is 0 Å². The lowest BCUT2D eigenvalue weighted by Gasteiger charge is -2.61. The molecule has 0 spiro atoms. The highest BCUT2D eigenvalue weighted by Gasteiger charge is 2.59. The van der Waals surface area contributed by atoms with Crippen LogP contribution in [0.1, 0.15) is 137 Å². The van der Waals surface area contributed by atoms with Gasteiger partial charge >= 0.3 is 0 Å². The highest BCUT2D eigenvalue weighted by Crippen LogP contribution is 2.68. The second-order valence-electron chi connectivity index (χ2n) is 16.1. The molecule has 1 nitrogen and oxygen atoms in total. The molecule has 10 unspecified atom stereocenters. The molecule has 6 aliphatic carbocycles. The van der Waals surface area contributed by atoms with Crippen LogP contribution in [0.25, 0.3) is 0 Å². The van der Waals surface area contributed by atoms with E-state index in [1.54, 1.807) is 6.42 Å². The van der Waals surface area contributed by atoms with Gasteiger partial charge in [-0.1, -0.05) is 34.1 Å². The summed E-state index contributed by atoms with van der Waals surface area (Å²) in [7, 11) is 0. The molecule has 6 fully saturated rings. The maximum atomic E-state index is 10.3. The third-order valence-electron chi connectivity index (χ3n) is 13.9. The third-order valence-corrected chi connectivity index (χ3v) is 13.9. The van der Waals surface area contributed by atoms with Gasteiger partial charge in [0.05, 0.1) is 6.10 Å². The first kappa shape index (κ1) is 24.3. The molecule has 0 amide bonds. The van der Waals surface area contributed by atoms with Gasteiger partial charge in [-0.25, -0.2) is 0 Å². The molecule has 1 heteroatoms. The van der Waals surface area contributed by atoms with Crippen molar-refractivity contribution in [1.29, 1.82) is 0 Å². The Morgan fingerprint density at radius 3 is 2.21 bits per heavy atom. The van der Waals surface area contributed by atoms with E-state index in [-0.39, 0.29) is 6.10 Å². The van der Waals surface area contributed by atoms with Gasteiger partial charge in [0.25, 0.3) is 0 Å². The molecule has 0 aromatic rings. The van der Waals surface area contributed by atoms with Crippen LogP contribution in [0, 0.1) is 63.6 Å². The van der Waals surface area contributed by atoms with E-state index in [0.29, 0.717) is 16.2 Å². The lowest BCUT2D eigenvalue weighted by Crippen LogP contribution is -2.53. The summed E-state index contributed by atoms with van der Waals surface area (Å²) >= 11 is 0. The topological polar surface area (TPSA) is 20.2 Å². The van der Waals surface area contributed by atoms with Crippen LogP contribution in [-0.4, -0.2) is 11.2 Å². The van der Waals surface area contributed by atoms with Crippen molar-refractivity contribution < 1.29 is 5.11 Å². The fourth-order valence-electron chi connectivity index (χ4n) is 12.5. The Hall–Kier alpha value is -0.0400. The number of rotatable bonds is 4. The molecule has 1 N–H and O–H groups in total. The summed E-state index contributed by atoms with van der Waals surface area (Å²) in [4.78, 5) is 0. The predicted molar refractivity (Wildman–Crippen MR) is 142 cm³/mol. The maximum Gasteiger partial charge on any atom is 0.0543 e. The van der Waals surface area contributed by atoms with E-state index in [9.17, 15) is 5.11 Å². The van der Waals surface area contributed by atoms with Crippen molar-refractivity contribution in [3.8, 4) is 0 Å². The molecule has 6 saturated carbocycles. The monoisotopic (exact) mass is 468 g/mol. The zero-order chi connectivity index (χ0) is 23.7. The highest BCUT2D eigenvalue weighted by atomic mass is 16.3. The smallest absolute Gasteiger partial charge is 0.0543 e. The average Bonchev–Trinajstić information content (AvgIpc) is 3.09. The molecule has 2 bridgehead atoms. The van der Waals surface area contributed by atoms with Crippen molar-refractivity contribution in [3.63, 3.8) is 0 Å². The maximum absolute atomic E-state index is 10.3. The largest absolute Gasteiger partial charge is 0.393 e. The lowest BCUT2D eigenvalue weighted by atomic mass is 9.44. The minimum atomic E-state index is -0.00617. The Morgan fingerprint density at radius 1 is 0.735 bits per heavy atom. The minimum Gasteiger partial charge on any atom is -0.393 e. The molecule has 0 aliphatic heterocycles. The number of aliphatic hydroxyl groups excluding tert-OH is 1. The zero-order valence-corrected chi connectivity index (χ0v) is 23.2. The Kier molecular flexibility index (Phi) is 6.27. The molecule has 0 radical (unpaired) electrons. The zero-order valence-electron chi connectivity index (χ0n) is 23.2. The molecule has 6 rings (SSSR count). The van der Waals surface area contributed by atoms with Gasteiger partial charge in [-0.15, -0.1) is 0 Å². The molecule has 0 heterocycles. The van der Waals surface area contributed by atoms with Gasteiger partial charge in [-0.05, 0) is 166 Å². The van der Waals surface area contributed by atoms with Crippen LogP contribution in [0.2, 0.25) is 0 Å². The van der Waals surface area contributed by atoms with Crippen molar-refractivity contribution in [1.82, 2.24) is 0 Å². The van der Waals surface area contributed by atoms with Crippen LogP contribution in [-0.2, 0) is 0 Å². The van der Waals surface area contributed by atoms with Crippen molar-refractivity contribution in [3.05, 3.63) is 0 Å². The first-order chi connectivity index (χ1) is 16.2. The standard InChI is InChI=1S/C33H56O/c1-22-16-23-18-24(17-22)21-31(2,20-23)13-5-6-25-8-10-29-28-9-7-26-19-27(34)11-14-33(26,4)30(28)12-15-32(25,29)3/h22-30,34H,5-21H2,1-4H3. The molecular weight excluding hydrogens is 412 g/mol. The summed E-state index contributed by atoms with van der Waals surface area (Å²) in [6.07, 6.45) is 24.6. The number of hydrogen-bond acceptors (Lipinski definition) is 1. The number of hydrogen-bond donors (Lipinski definition) is 1. The molecule has 34 heavy (non-hydrogen) atoms. The van der Waals surface area contributed by atoms with Gasteiger partial charge in [0.2, 0.25) is 0 Å². The van der Waals surface area contributed by atoms with Crippen LogP contribution in [0.15, 0.2) is 0 Å². The summed E-state index contributed by atoms with van der Waals surface area (Å²) in [6.45, 7) is 10.6. The third kappa shape index (κ3) is 4.05. The lowest BCUT2D eigenvalue weighted by molar-refractivity contribution is -0.127. The van der Waals surface area contributed by atoms with E-state index in [1.165, 1.54) is 89.9 Å². The summed E-state index contributed by atoms with van der Waals surface area (Å²) in [5, 5.41) is 10.3. The number of aliphatic hydroxyl groups is 1. The Morgan fingerprint density at radius 2 is 1.44 bits per heavy atom. The van der Waals surface area contributed by atoms with Crippen LogP contribution < -0.4 is 0 Å². The summed E-state index contributed by atoms with van der Waals surface area (Å²) in [6, 6.07) is 0. The molecule has 194 valence electrons. The first-order valence-corrected chi connectivity index (χ1v) is 15.9. The molecule has 10 atom stereocenters. The van der Waals surface area contributed by atoms with Gasteiger partial charge in [-0.2, -0.15) is 0 Å². The fourth-order valence-corrected chi connectivity index (χ4v) is 12.5. The van der Waals surface area contributed by atoms with Gasteiger partial charge in [0, 0.05) is 0 Å². The molecule has 6 aliphatic rings. The Balaban J connectivity index is 1.07. The SMILES string of the molecule is CC1CC2CC(C1)CC(C)(CCCC1CCC3C4CCC5CC(O)CCC5(C)C4CCC13C)C2. The van der Waals surface area contributed by atoms with E-state index < -0.39 is 0 Å². The van der Waals surface area contributed by atoms with Gasteiger partial charge < -0.3 is 5.11 Å². The van der Waals surface area contributed by atoms with Crippen LogP contribution >= 0.6 is 0 Å². The quantitative estimate of drug-likeness (QED) is 0.436. The molecule has 0 aromatic carbocycles. The Labute approximate surface area is 211 Å². The first-order valence-electron chi connectivity index (χ1n) is 15.9. The second kappa shape index (κ2) is 8.77. The van der Waals surface area contributed by atoms with Crippen molar-refractivity contribution in [2.75, 3.05) is 0 Å². The van der Waals surface area contributed by atoms with E-state index in [0.717, 1.165) is 60.2 Å². The van der Waals surface area contributed by atoms with Crippen LogP contribution in [0.4, 0.5) is 0 Å². The van der Waals surface area contributed by atoms with Gasteiger partial charge in [0.15, 0.2) is 0 Å². The van der Waals surface area contributed by atoms with Crippen molar-refractivity contribution in [2.24, 2.45) is 63.6 Å². The van der Waals surface area contributed by atoms with Crippen LogP contribution in [0.3, 0.4) is 0 Å². The summed E-state index contributed by atoms with van der Waals surface area (Å²) < 4.78 is 0. The highest BCUT2D eigenvalue weighted by molar-refractivity contribution is 5.09. The minimum absolute atomic E-state index is 0.00617. The van der Waals surface area contributed by atoms with Crippen molar-refractivity contribution >= 4 is 0 Å². The van der Waals surface area contributed by atoms with E-state index >= 15 is 0 Å². The Bertz CT molecular complexity index is 725. The molecular formula is C33H56O.